The predicted molar refractivity (Wildman–Crippen MR) is 65.5 cm³/mol. The highest BCUT2D eigenvalue weighted by Crippen LogP contribution is 2.25. The highest BCUT2D eigenvalue weighted by molar-refractivity contribution is 5.98. The quantitative estimate of drug-likeness (QED) is 0.869. The molecule has 0 aliphatic heterocycles. The number of aliphatic hydroxyl groups is 1. The van der Waals surface area contributed by atoms with Gasteiger partial charge in [-0.25, -0.2) is 0 Å². The van der Waals surface area contributed by atoms with Gasteiger partial charge in [0.25, 0.3) is 0 Å². The zero-order valence-electron chi connectivity index (χ0n) is 10.1. The smallest absolute Gasteiger partial charge is 0.163 e. The summed E-state index contributed by atoms with van der Waals surface area (Å²) in [5.74, 6) is 0.970. The molecule has 0 fully saturated rings. The lowest BCUT2D eigenvalue weighted by molar-refractivity contribution is 0.0970. The van der Waals surface area contributed by atoms with Gasteiger partial charge in [-0.15, -0.1) is 0 Å². The van der Waals surface area contributed by atoms with Gasteiger partial charge in [0.15, 0.2) is 5.78 Å². The summed E-state index contributed by atoms with van der Waals surface area (Å²) in [6, 6.07) is 5.57. The Morgan fingerprint density at radius 1 is 1.41 bits per heavy atom. The number of fused-ring (bicyclic) bond motifs is 1. The maximum atomic E-state index is 11.6. The van der Waals surface area contributed by atoms with Crippen molar-refractivity contribution in [3.8, 4) is 5.75 Å². The fourth-order valence-electron chi connectivity index (χ4n) is 2.02. The summed E-state index contributed by atoms with van der Waals surface area (Å²) in [6.45, 7) is 2.22. The monoisotopic (exact) mass is 234 g/mol. The van der Waals surface area contributed by atoms with Gasteiger partial charge in [0.2, 0.25) is 0 Å². The molecule has 1 atom stereocenters. The lowest BCUT2D eigenvalue weighted by Gasteiger charge is -2.16. The first-order valence-corrected chi connectivity index (χ1v) is 6.17. The van der Waals surface area contributed by atoms with Gasteiger partial charge in [-0.1, -0.05) is 6.92 Å². The third-order valence-corrected chi connectivity index (χ3v) is 3.14. The molecule has 0 amide bonds. The Balaban J connectivity index is 2.08. The Hall–Kier alpha value is -1.35. The maximum absolute atomic E-state index is 11.6. The van der Waals surface area contributed by atoms with Crippen LogP contribution in [0.15, 0.2) is 18.2 Å². The van der Waals surface area contributed by atoms with Gasteiger partial charge in [0, 0.05) is 12.0 Å². The van der Waals surface area contributed by atoms with Crippen molar-refractivity contribution in [3.05, 3.63) is 29.3 Å². The summed E-state index contributed by atoms with van der Waals surface area (Å²) in [5.41, 5.74) is 1.91. The Labute approximate surface area is 101 Å². The molecular weight excluding hydrogens is 216 g/mol. The van der Waals surface area contributed by atoms with Crippen LogP contribution in [0.5, 0.6) is 5.75 Å². The molecule has 3 heteroatoms. The van der Waals surface area contributed by atoms with Crippen LogP contribution in [0.25, 0.3) is 0 Å². The molecule has 2 rings (SSSR count). The minimum Gasteiger partial charge on any atom is -0.491 e. The van der Waals surface area contributed by atoms with Crippen molar-refractivity contribution in [2.75, 3.05) is 6.61 Å². The molecule has 1 aromatic carbocycles. The Morgan fingerprint density at radius 3 is 3.00 bits per heavy atom. The molecule has 0 heterocycles. The van der Waals surface area contributed by atoms with E-state index >= 15 is 0 Å². The number of aryl methyl sites for hydroxylation is 1. The number of Topliss-reactive ketones (excluding diaryl/α,β-unsaturated/α-hetero) is 1. The van der Waals surface area contributed by atoms with Crippen LogP contribution in [0.3, 0.4) is 0 Å². The average Bonchev–Trinajstić information content (AvgIpc) is 2.36. The van der Waals surface area contributed by atoms with Gasteiger partial charge in [0.1, 0.15) is 12.4 Å². The van der Waals surface area contributed by atoms with E-state index in [1.54, 1.807) is 0 Å². The van der Waals surface area contributed by atoms with Crippen LogP contribution in [-0.2, 0) is 6.42 Å². The van der Waals surface area contributed by atoms with Crippen molar-refractivity contribution < 1.29 is 14.6 Å². The van der Waals surface area contributed by atoms with Crippen LogP contribution in [0.4, 0.5) is 0 Å². The lowest BCUT2D eigenvalue weighted by Crippen LogP contribution is -2.16. The van der Waals surface area contributed by atoms with Crippen LogP contribution in [0.2, 0.25) is 0 Å². The molecule has 1 unspecified atom stereocenters. The minimum atomic E-state index is -0.423. The van der Waals surface area contributed by atoms with E-state index < -0.39 is 6.10 Å². The maximum Gasteiger partial charge on any atom is 0.163 e. The second-order valence-electron chi connectivity index (χ2n) is 4.47. The zero-order valence-corrected chi connectivity index (χ0v) is 10.1. The predicted octanol–water partition coefficient (Wildman–Crippen LogP) is 2.36. The van der Waals surface area contributed by atoms with Crippen molar-refractivity contribution in [1.82, 2.24) is 0 Å². The number of carbonyl (C=O) groups is 1. The molecule has 0 radical (unpaired) electrons. The molecule has 3 nitrogen and oxygen atoms in total. The van der Waals surface area contributed by atoms with E-state index in [0.717, 1.165) is 29.7 Å². The van der Waals surface area contributed by atoms with Crippen LogP contribution >= 0.6 is 0 Å². The van der Waals surface area contributed by atoms with Crippen molar-refractivity contribution >= 4 is 5.78 Å². The number of benzene rings is 1. The summed E-state index contributed by atoms with van der Waals surface area (Å²) < 4.78 is 5.50. The van der Waals surface area contributed by atoms with Gasteiger partial charge in [-0.3, -0.25) is 4.79 Å². The van der Waals surface area contributed by atoms with E-state index in [1.807, 2.05) is 25.1 Å². The van der Waals surface area contributed by atoms with Crippen LogP contribution in [0, 0.1) is 0 Å². The molecule has 0 saturated heterocycles. The van der Waals surface area contributed by atoms with Gasteiger partial charge in [-0.05, 0) is 43.0 Å². The van der Waals surface area contributed by atoms with Gasteiger partial charge in [-0.2, -0.15) is 0 Å². The van der Waals surface area contributed by atoms with Gasteiger partial charge >= 0.3 is 0 Å². The standard InChI is InChI=1S/C14H18O3/c1-2-11(15)9-17-12-6-7-13-10(8-12)4-3-5-14(13)16/h6-8,11,15H,2-5,9H2,1H3. The first kappa shape index (κ1) is 12.1. The normalized spacial score (nSPS) is 16.5. The number of carbonyl (C=O) groups excluding carboxylic acids is 1. The molecule has 1 aromatic rings. The fraction of sp³-hybridized carbons (Fsp3) is 0.500. The van der Waals surface area contributed by atoms with Gasteiger partial charge < -0.3 is 9.84 Å². The van der Waals surface area contributed by atoms with Crippen LogP contribution in [-0.4, -0.2) is 23.6 Å². The zero-order chi connectivity index (χ0) is 12.3. The summed E-state index contributed by atoms with van der Waals surface area (Å²) in [6.07, 6.45) is 2.78. The summed E-state index contributed by atoms with van der Waals surface area (Å²) in [7, 11) is 0. The molecule has 0 bridgehead atoms. The largest absolute Gasteiger partial charge is 0.491 e. The van der Waals surface area contributed by atoms with E-state index in [4.69, 9.17) is 4.74 Å². The third-order valence-electron chi connectivity index (χ3n) is 3.14. The molecule has 92 valence electrons. The van der Waals surface area contributed by atoms with E-state index in [1.165, 1.54) is 0 Å². The van der Waals surface area contributed by atoms with Crippen LogP contribution in [0.1, 0.15) is 42.1 Å². The fourth-order valence-corrected chi connectivity index (χ4v) is 2.02. The number of hydrogen-bond donors (Lipinski definition) is 1. The summed E-state index contributed by atoms with van der Waals surface area (Å²) >= 11 is 0. The van der Waals surface area contributed by atoms with Crippen molar-refractivity contribution in [2.24, 2.45) is 0 Å². The SMILES string of the molecule is CCC(O)COc1ccc2c(c1)CCCC2=O. The number of ether oxygens (including phenoxy) is 1. The Kier molecular flexibility index (Phi) is 3.79. The molecule has 1 aliphatic carbocycles. The molecule has 17 heavy (non-hydrogen) atoms. The summed E-state index contributed by atoms with van der Waals surface area (Å²) in [5, 5.41) is 9.42. The number of ketones is 1. The second kappa shape index (κ2) is 5.32. The molecule has 1 N–H and O–H groups in total. The van der Waals surface area contributed by atoms with Crippen LogP contribution < -0.4 is 4.74 Å². The molecule has 1 aliphatic rings. The Bertz CT molecular complexity index is 412. The molecular formula is C14H18O3. The number of aliphatic hydroxyl groups excluding tert-OH is 1. The molecule has 0 saturated carbocycles. The third kappa shape index (κ3) is 2.86. The van der Waals surface area contributed by atoms with E-state index in [9.17, 15) is 9.90 Å². The van der Waals surface area contributed by atoms with Crippen molar-refractivity contribution in [3.63, 3.8) is 0 Å². The van der Waals surface area contributed by atoms with Gasteiger partial charge in [0.05, 0.1) is 6.10 Å². The highest BCUT2D eigenvalue weighted by Gasteiger charge is 2.17. The lowest BCUT2D eigenvalue weighted by atomic mass is 9.90. The van der Waals surface area contributed by atoms with E-state index in [0.29, 0.717) is 19.4 Å². The van der Waals surface area contributed by atoms with E-state index in [-0.39, 0.29) is 5.78 Å². The molecule has 0 aromatic heterocycles. The first-order chi connectivity index (χ1) is 8.20. The average molecular weight is 234 g/mol. The number of hydrogen-bond acceptors (Lipinski definition) is 3. The highest BCUT2D eigenvalue weighted by atomic mass is 16.5. The van der Waals surface area contributed by atoms with Crippen molar-refractivity contribution in [2.45, 2.75) is 38.7 Å². The Morgan fingerprint density at radius 2 is 2.24 bits per heavy atom. The second-order valence-corrected chi connectivity index (χ2v) is 4.47. The topological polar surface area (TPSA) is 46.5 Å². The number of rotatable bonds is 4. The first-order valence-electron chi connectivity index (χ1n) is 6.17. The molecule has 0 spiro atoms. The summed E-state index contributed by atoms with van der Waals surface area (Å²) in [4.78, 5) is 11.6. The minimum absolute atomic E-state index is 0.228. The van der Waals surface area contributed by atoms with E-state index in [2.05, 4.69) is 0 Å². The van der Waals surface area contributed by atoms with Crippen molar-refractivity contribution in [1.29, 1.82) is 0 Å².